The number of rotatable bonds is 6. The molecule has 0 radical (unpaired) electrons. The van der Waals surface area contributed by atoms with Crippen molar-refractivity contribution in [3.05, 3.63) is 5.82 Å². The normalized spacial score (nSPS) is 24.2. The van der Waals surface area contributed by atoms with Crippen LogP contribution in [0.5, 0.6) is 0 Å². The molecule has 0 spiro atoms. The Morgan fingerprint density at radius 2 is 2.04 bits per heavy atom. The van der Waals surface area contributed by atoms with Gasteiger partial charge in [-0.25, -0.2) is 4.68 Å². The molecular formula is C18H32N6O. The summed E-state index contributed by atoms with van der Waals surface area (Å²) in [6.45, 7) is 6.16. The van der Waals surface area contributed by atoms with Crippen molar-refractivity contribution in [2.45, 2.75) is 89.8 Å². The monoisotopic (exact) mass is 348 g/mol. The lowest BCUT2D eigenvalue weighted by Gasteiger charge is -2.37. The smallest absolute Gasteiger partial charge is 0.220 e. The van der Waals surface area contributed by atoms with Crippen molar-refractivity contribution in [1.82, 2.24) is 30.4 Å². The molecule has 2 heterocycles. The first-order valence-electron chi connectivity index (χ1n) is 10.00. The second-order valence-electron chi connectivity index (χ2n) is 7.60. The lowest BCUT2D eigenvalue weighted by Crippen LogP contribution is -2.48. The molecule has 1 amide bonds. The van der Waals surface area contributed by atoms with E-state index in [4.69, 9.17) is 0 Å². The SMILES string of the molecule is CCCC(=O)NC1CCCN(C(C)c2nnnn2C2CCCCC2)C1. The van der Waals surface area contributed by atoms with Gasteiger partial charge in [-0.1, -0.05) is 26.2 Å². The molecule has 7 heteroatoms. The van der Waals surface area contributed by atoms with E-state index in [-0.39, 0.29) is 18.0 Å². The number of carbonyl (C=O) groups excluding carboxylic acids is 1. The maximum atomic E-state index is 11.9. The molecule has 2 fully saturated rings. The zero-order valence-corrected chi connectivity index (χ0v) is 15.7. The van der Waals surface area contributed by atoms with Crippen molar-refractivity contribution in [3.63, 3.8) is 0 Å². The quantitative estimate of drug-likeness (QED) is 0.855. The van der Waals surface area contributed by atoms with Crippen LogP contribution in [0.4, 0.5) is 0 Å². The summed E-state index contributed by atoms with van der Waals surface area (Å²) in [6, 6.07) is 0.878. The number of piperidine rings is 1. The zero-order valence-electron chi connectivity index (χ0n) is 15.7. The Morgan fingerprint density at radius 3 is 2.80 bits per heavy atom. The lowest BCUT2D eigenvalue weighted by molar-refractivity contribution is -0.122. The summed E-state index contributed by atoms with van der Waals surface area (Å²) in [5, 5.41) is 15.8. The van der Waals surface area contributed by atoms with Crippen molar-refractivity contribution >= 4 is 5.91 Å². The van der Waals surface area contributed by atoms with Gasteiger partial charge in [0.05, 0.1) is 12.1 Å². The summed E-state index contributed by atoms with van der Waals surface area (Å²) < 4.78 is 2.07. The second kappa shape index (κ2) is 8.74. The van der Waals surface area contributed by atoms with Gasteiger partial charge >= 0.3 is 0 Å². The van der Waals surface area contributed by atoms with Crippen molar-refractivity contribution in [2.24, 2.45) is 0 Å². The Labute approximate surface area is 150 Å². The van der Waals surface area contributed by atoms with Gasteiger partial charge < -0.3 is 5.32 Å². The molecule has 1 saturated heterocycles. The highest BCUT2D eigenvalue weighted by Crippen LogP contribution is 2.31. The predicted octanol–water partition coefficient (Wildman–Crippen LogP) is 2.62. The second-order valence-corrected chi connectivity index (χ2v) is 7.60. The minimum atomic E-state index is 0.175. The molecule has 1 aliphatic carbocycles. The Kier molecular flexibility index (Phi) is 6.39. The fraction of sp³-hybridized carbons (Fsp3) is 0.889. The zero-order chi connectivity index (χ0) is 17.6. The van der Waals surface area contributed by atoms with Gasteiger partial charge in [0.2, 0.25) is 5.91 Å². The van der Waals surface area contributed by atoms with Crippen LogP contribution in [-0.4, -0.2) is 50.1 Å². The third-order valence-corrected chi connectivity index (χ3v) is 5.66. The summed E-state index contributed by atoms with van der Waals surface area (Å²) in [5.74, 6) is 1.15. The van der Waals surface area contributed by atoms with Crippen LogP contribution in [0.15, 0.2) is 0 Å². The highest BCUT2D eigenvalue weighted by Gasteiger charge is 2.30. The molecule has 1 N–H and O–H groups in total. The first kappa shape index (κ1) is 18.3. The number of carbonyl (C=O) groups is 1. The maximum Gasteiger partial charge on any atom is 0.220 e. The fourth-order valence-electron chi connectivity index (χ4n) is 4.23. The summed E-state index contributed by atoms with van der Waals surface area (Å²) in [5.41, 5.74) is 0. The summed E-state index contributed by atoms with van der Waals surface area (Å²) in [6.07, 6.45) is 9.91. The Bertz CT molecular complexity index is 554. The van der Waals surface area contributed by atoms with Gasteiger partial charge in [0, 0.05) is 19.0 Å². The van der Waals surface area contributed by atoms with Crippen molar-refractivity contribution in [3.8, 4) is 0 Å². The molecule has 7 nitrogen and oxygen atoms in total. The Balaban J connectivity index is 1.63. The standard InChI is InChI=1S/C18H32N6O/c1-3-8-17(25)19-15-9-7-12-23(13-15)14(2)18-20-21-22-24(18)16-10-5-4-6-11-16/h14-16H,3-13H2,1-2H3,(H,19,25). The van der Waals surface area contributed by atoms with Gasteiger partial charge in [0.25, 0.3) is 0 Å². The number of hydrogen-bond acceptors (Lipinski definition) is 5. The first-order chi connectivity index (χ1) is 12.2. The van der Waals surface area contributed by atoms with Crippen LogP contribution in [0, 0.1) is 0 Å². The van der Waals surface area contributed by atoms with E-state index in [1.54, 1.807) is 0 Å². The molecule has 1 aromatic heterocycles. The number of aromatic nitrogens is 4. The fourth-order valence-corrected chi connectivity index (χ4v) is 4.23. The predicted molar refractivity (Wildman–Crippen MR) is 96.0 cm³/mol. The largest absolute Gasteiger partial charge is 0.352 e. The minimum Gasteiger partial charge on any atom is -0.352 e. The van der Waals surface area contributed by atoms with Crippen LogP contribution in [0.25, 0.3) is 0 Å². The number of nitrogens with one attached hydrogen (secondary N) is 1. The third kappa shape index (κ3) is 4.57. The van der Waals surface area contributed by atoms with E-state index in [2.05, 4.69) is 37.3 Å². The highest BCUT2D eigenvalue weighted by atomic mass is 16.1. The van der Waals surface area contributed by atoms with Crippen LogP contribution in [-0.2, 0) is 4.79 Å². The average Bonchev–Trinajstić information content (AvgIpc) is 3.12. The Morgan fingerprint density at radius 1 is 1.24 bits per heavy atom. The molecule has 25 heavy (non-hydrogen) atoms. The van der Waals surface area contributed by atoms with E-state index in [9.17, 15) is 4.79 Å². The molecule has 1 aliphatic heterocycles. The van der Waals surface area contributed by atoms with Crippen molar-refractivity contribution in [2.75, 3.05) is 13.1 Å². The summed E-state index contributed by atoms with van der Waals surface area (Å²) in [7, 11) is 0. The molecule has 0 bridgehead atoms. The van der Waals surface area contributed by atoms with E-state index in [0.717, 1.165) is 38.2 Å². The molecule has 3 rings (SSSR count). The van der Waals surface area contributed by atoms with Crippen LogP contribution < -0.4 is 5.32 Å². The third-order valence-electron chi connectivity index (χ3n) is 5.66. The van der Waals surface area contributed by atoms with Gasteiger partial charge in [-0.2, -0.15) is 0 Å². The van der Waals surface area contributed by atoms with E-state index in [1.807, 2.05) is 6.92 Å². The average molecular weight is 348 g/mol. The number of likely N-dealkylation sites (tertiary alicyclic amines) is 1. The van der Waals surface area contributed by atoms with Gasteiger partial charge in [-0.05, 0) is 56.0 Å². The van der Waals surface area contributed by atoms with E-state index >= 15 is 0 Å². The molecule has 0 aromatic carbocycles. The molecule has 1 aromatic rings. The minimum absolute atomic E-state index is 0.175. The van der Waals surface area contributed by atoms with Gasteiger partial charge in [-0.15, -0.1) is 5.10 Å². The lowest BCUT2D eigenvalue weighted by atomic mass is 9.95. The number of tetrazole rings is 1. The van der Waals surface area contributed by atoms with Gasteiger partial charge in [0.1, 0.15) is 0 Å². The Hall–Kier alpha value is -1.50. The van der Waals surface area contributed by atoms with Gasteiger partial charge in [0.15, 0.2) is 5.82 Å². The molecule has 2 aliphatic rings. The topological polar surface area (TPSA) is 75.9 Å². The van der Waals surface area contributed by atoms with E-state index < -0.39 is 0 Å². The molecule has 1 saturated carbocycles. The summed E-state index contributed by atoms with van der Waals surface area (Å²) in [4.78, 5) is 14.3. The molecular weight excluding hydrogens is 316 g/mol. The molecule has 2 unspecified atom stereocenters. The highest BCUT2D eigenvalue weighted by molar-refractivity contribution is 5.76. The van der Waals surface area contributed by atoms with E-state index in [0.29, 0.717) is 12.5 Å². The van der Waals surface area contributed by atoms with Crippen molar-refractivity contribution in [1.29, 1.82) is 0 Å². The first-order valence-corrected chi connectivity index (χ1v) is 10.00. The summed E-state index contributed by atoms with van der Waals surface area (Å²) >= 11 is 0. The van der Waals surface area contributed by atoms with Crippen molar-refractivity contribution < 1.29 is 4.79 Å². The number of amides is 1. The van der Waals surface area contributed by atoms with Crippen LogP contribution >= 0.6 is 0 Å². The van der Waals surface area contributed by atoms with Crippen LogP contribution in [0.2, 0.25) is 0 Å². The van der Waals surface area contributed by atoms with Crippen LogP contribution in [0.3, 0.4) is 0 Å². The molecule has 140 valence electrons. The van der Waals surface area contributed by atoms with Crippen LogP contribution in [0.1, 0.15) is 89.5 Å². The number of nitrogens with zero attached hydrogens (tertiary/aromatic N) is 5. The maximum absolute atomic E-state index is 11.9. The van der Waals surface area contributed by atoms with Gasteiger partial charge in [-0.3, -0.25) is 9.69 Å². The van der Waals surface area contributed by atoms with E-state index in [1.165, 1.54) is 32.1 Å². The molecule has 2 atom stereocenters. The number of hydrogen-bond donors (Lipinski definition) is 1.